The van der Waals surface area contributed by atoms with Gasteiger partial charge in [-0.05, 0) is 43.5 Å². The molecule has 4 nitrogen and oxygen atoms in total. The first kappa shape index (κ1) is 15.4. The van der Waals surface area contributed by atoms with Crippen molar-refractivity contribution in [1.29, 1.82) is 0 Å². The maximum absolute atomic E-state index is 13.1. The van der Waals surface area contributed by atoms with Crippen LogP contribution in [0.3, 0.4) is 0 Å². The molecule has 2 unspecified atom stereocenters. The minimum absolute atomic E-state index is 0.0265. The third-order valence-electron chi connectivity index (χ3n) is 3.85. The van der Waals surface area contributed by atoms with Crippen LogP contribution in [0.4, 0.5) is 4.39 Å². The van der Waals surface area contributed by atoms with E-state index in [1.54, 1.807) is 0 Å². The molecule has 0 radical (unpaired) electrons. The quantitative estimate of drug-likeness (QED) is 0.873. The predicted molar refractivity (Wildman–Crippen MR) is 76.4 cm³/mol. The Balaban J connectivity index is 2.02. The monoisotopic (exact) mass is 300 g/mol. The van der Waals surface area contributed by atoms with Gasteiger partial charge in [-0.2, -0.15) is 0 Å². The van der Waals surface area contributed by atoms with Crippen molar-refractivity contribution in [2.45, 2.75) is 37.1 Å². The third-order valence-corrected chi connectivity index (χ3v) is 5.27. The van der Waals surface area contributed by atoms with Crippen LogP contribution in [0.1, 0.15) is 26.2 Å². The van der Waals surface area contributed by atoms with E-state index in [4.69, 9.17) is 0 Å². The topological polar surface area (TPSA) is 58.2 Å². The summed E-state index contributed by atoms with van der Waals surface area (Å²) in [6.45, 7) is 3.38. The van der Waals surface area contributed by atoms with Gasteiger partial charge in [-0.3, -0.25) is 0 Å². The molecule has 6 heteroatoms. The number of nitrogens with one attached hydrogen (secondary N) is 2. The Morgan fingerprint density at radius 3 is 2.95 bits per heavy atom. The molecule has 1 aliphatic heterocycles. The summed E-state index contributed by atoms with van der Waals surface area (Å²) in [5.74, 6) is -0.0611. The van der Waals surface area contributed by atoms with E-state index in [-0.39, 0.29) is 10.9 Å². The number of sulfonamides is 1. The molecule has 1 aromatic carbocycles. The van der Waals surface area contributed by atoms with Crippen LogP contribution in [0.15, 0.2) is 29.2 Å². The van der Waals surface area contributed by atoms with Gasteiger partial charge in [0, 0.05) is 12.6 Å². The molecule has 1 fully saturated rings. The average Bonchev–Trinajstić information content (AvgIpc) is 2.45. The van der Waals surface area contributed by atoms with Crippen LogP contribution < -0.4 is 10.0 Å². The Morgan fingerprint density at radius 2 is 2.25 bits per heavy atom. The van der Waals surface area contributed by atoms with Crippen LogP contribution in [0, 0.1) is 11.7 Å². The lowest BCUT2D eigenvalue weighted by Gasteiger charge is -2.32. The molecule has 0 aromatic heterocycles. The van der Waals surface area contributed by atoms with Gasteiger partial charge in [-0.1, -0.05) is 19.4 Å². The van der Waals surface area contributed by atoms with E-state index in [0.717, 1.165) is 31.9 Å². The first-order valence-electron chi connectivity index (χ1n) is 7.01. The maximum atomic E-state index is 13.1. The first-order chi connectivity index (χ1) is 9.53. The van der Waals surface area contributed by atoms with Gasteiger partial charge < -0.3 is 5.32 Å². The molecule has 0 amide bonds. The van der Waals surface area contributed by atoms with E-state index in [1.165, 1.54) is 18.2 Å². The fourth-order valence-corrected chi connectivity index (χ4v) is 3.76. The zero-order chi connectivity index (χ0) is 14.6. The molecule has 20 heavy (non-hydrogen) atoms. The fraction of sp³-hybridized carbons (Fsp3) is 0.571. The highest BCUT2D eigenvalue weighted by atomic mass is 32.2. The molecule has 2 atom stereocenters. The minimum Gasteiger partial charge on any atom is -0.312 e. The van der Waals surface area contributed by atoms with Gasteiger partial charge >= 0.3 is 0 Å². The lowest BCUT2D eigenvalue weighted by atomic mass is 9.89. The van der Waals surface area contributed by atoms with Gasteiger partial charge in [-0.15, -0.1) is 0 Å². The summed E-state index contributed by atoms with van der Waals surface area (Å²) in [5.41, 5.74) is 0. The Morgan fingerprint density at radius 1 is 1.45 bits per heavy atom. The summed E-state index contributed by atoms with van der Waals surface area (Å²) in [7, 11) is -3.64. The molecule has 0 aliphatic carbocycles. The number of rotatable bonds is 5. The van der Waals surface area contributed by atoms with Crippen molar-refractivity contribution in [3.8, 4) is 0 Å². The zero-order valence-corrected chi connectivity index (χ0v) is 12.4. The molecular weight excluding hydrogens is 279 g/mol. The number of hydrogen-bond acceptors (Lipinski definition) is 3. The summed E-state index contributed by atoms with van der Waals surface area (Å²) in [6, 6.07) is 5.22. The Bertz CT molecular complexity index is 548. The highest BCUT2D eigenvalue weighted by molar-refractivity contribution is 7.89. The molecule has 0 bridgehead atoms. The van der Waals surface area contributed by atoms with Gasteiger partial charge in [0.2, 0.25) is 10.0 Å². The molecule has 1 aliphatic rings. The molecule has 0 saturated carbocycles. The van der Waals surface area contributed by atoms with Crippen molar-refractivity contribution in [2.75, 3.05) is 13.1 Å². The molecule has 1 aromatic rings. The van der Waals surface area contributed by atoms with Crippen molar-refractivity contribution in [1.82, 2.24) is 10.0 Å². The highest BCUT2D eigenvalue weighted by Gasteiger charge is 2.25. The standard InChI is InChI=1S/C14H21FN2O2S/c1-2-11-5-4-8-16-14(11)10-17-20(18,19)13-7-3-6-12(15)9-13/h3,6-7,9,11,14,16-17H,2,4-5,8,10H2,1H3. The van der Waals surface area contributed by atoms with E-state index in [2.05, 4.69) is 17.0 Å². The second-order valence-corrected chi connectivity index (χ2v) is 6.95. The lowest BCUT2D eigenvalue weighted by Crippen LogP contribution is -2.48. The Labute approximate surface area is 119 Å². The van der Waals surface area contributed by atoms with E-state index in [9.17, 15) is 12.8 Å². The van der Waals surface area contributed by atoms with E-state index >= 15 is 0 Å². The van der Waals surface area contributed by atoms with Crippen molar-refractivity contribution < 1.29 is 12.8 Å². The molecule has 0 spiro atoms. The molecule has 112 valence electrons. The molecular formula is C14H21FN2O2S. The summed E-state index contributed by atoms with van der Waals surface area (Å²) >= 11 is 0. The maximum Gasteiger partial charge on any atom is 0.240 e. The van der Waals surface area contributed by atoms with Crippen LogP contribution >= 0.6 is 0 Å². The zero-order valence-electron chi connectivity index (χ0n) is 11.6. The highest BCUT2D eigenvalue weighted by Crippen LogP contribution is 2.20. The largest absolute Gasteiger partial charge is 0.312 e. The van der Waals surface area contributed by atoms with Gasteiger partial charge in [0.15, 0.2) is 0 Å². The number of benzene rings is 1. The van der Waals surface area contributed by atoms with Gasteiger partial charge in [0.1, 0.15) is 5.82 Å². The van der Waals surface area contributed by atoms with Crippen LogP contribution in [0.25, 0.3) is 0 Å². The van der Waals surface area contributed by atoms with Gasteiger partial charge in [0.25, 0.3) is 0 Å². The summed E-state index contributed by atoms with van der Waals surface area (Å²) in [4.78, 5) is -0.0265. The minimum atomic E-state index is -3.64. The molecule has 1 heterocycles. The Hall–Kier alpha value is -0.980. The summed E-state index contributed by atoms with van der Waals surface area (Å²) in [6.07, 6.45) is 3.28. The normalized spacial score (nSPS) is 23.7. The SMILES string of the molecule is CCC1CCCNC1CNS(=O)(=O)c1cccc(F)c1. The number of piperidine rings is 1. The van der Waals surface area contributed by atoms with E-state index in [0.29, 0.717) is 12.5 Å². The Kier molecular flexibility index (Phi) is 5.12. The third kappa shape index (κ3) is 3.77. The first-order valence-corrected chi connectivity index (χ1v) is 8.50. The second-order valence-electron chi connectivity index (χ2n) is 5.18. The fourth-order valence-electron chi connectivity index (χ4n) is 2.66. The summed E-state index contributed by atoms with van der Waals surface area (Å²) in [5, 5.41) is 3.35. The van der Waals surface area contributed by atoms with Crippen LogP contribution in [0.5, 0.6) is 0 Å². The average molecular weight is 300 g/mol. The number of halogens is 1. The van der Waals surface area contributed by atoms with Crippen molar-refractivity contribution in [3.63, 3.8) is 0 Å². The molecule has 2 rings (SSSR count). The van der Waals surface area contributed by atoms with E-state index < -0.39 is 15.8 Å². The van der Waals surface area contributed by atoms with Crippen LogP contribution in [-0.4, -0.2) is 27.5 Å². The lowest BCUT2D eigenvalue weighted by molar-refractivity contribution is 0.273. The predicted octanol–water partition coefficient (Wildman–Crippen LogP) is 1.88. The second kappa shape index (κ2) is 6.65. The van der Waals surface area contributed by atoms with Crippen LogP contribution in [-0.2, 0) is 10.0 Å². The summed E-state index contributed by atoms with van der Waals surface area (Å²) < 4.78 is 39.9. The van der Waals surface area contributed by atoms with Crippen molar-refractivity contribution in [2.24, 2.45) is 5.92 Å². The number of hydrogen-bond donors (Lipinski definition) is 2. The molecule has 2 N–H and O–H groups in total. The van der Waals surface area contributed by atoms with Crippen molar-refractivity contribution >= 4 is 10.0 Å². The smallest absolute Gasteiger partial charge is 0.240 e. The van der Waals surface area contributed by atoms with Gasteiger partial charge in [0.05, 0.1) is 4.90 Å². The van der Waals surface area contributed by atoms with Crippen LogP contribution in [0.2, 0.25) is 0 Å². The van der Waals surface area contributed by atoms with E-state index in [1.807, 2.05) is 0 Å². The van der Waals surface area contributed by atoms with Gasteiger partial charge in [-0.25, -0.2) is 17.5 Å². The van der Waals surface area contributed by atoms with Crippen molar-refractivity contribution in [3.05, 3.63) is 30.1 Å². The molecule has 1 saturated heterocycles.